The molecule has 0 spiro atoms. The maximum absolute atomic E-state index is 6.48. The second kappa shape index (κ2) is 5.14. The van der Waals surface area contributed by atoms with Crippen LogP contribution in [0.4, 0.5) is 0 Å². The highest BCUT2D eigenvalue weighted by molar-refractivity contribution is 6.09. The van der Waals surface area contributed by atoms with Gasteiger partial charge in [-0.2, -0.15) is 0 Å². The molecule has 3 aromatic rings. The molecule has 3 aromatic carbocycles. The van der Waals surface area contributed by atoms with Gasteiger partial charge in [-0.25, -0.2) is 0 Å². The van der Waals surface area contributed by atoms with Gasteiger partial charge in [-0.15, -0.1) is 0 Å². The first-order chi connectivity index (χ1) is 13.0. The Morgan fingerprint density at radius 2 is 1.63 bits per heavy atom. The van der Waals surface area contributed by atoms with E-state index in [0.29, 0.717) is 17.4 Å². The highest BCUT2D eigenvalue weighted by Gasteiger charge is 2.59. The van der Waals surface area contributed by atoms with Gasteiger partial charge in [0.25, 0.3) is 0 Å². The zero-order chi connectivity index (χ0) is 18.4. The molecule has 1 saturated heterocycles. The highest BCUT2D eigenvalue weighted by Crippen LogP contribution is 2.63. The lowest BCUT2D eigenvalue weighted by molar-refractivity contribution is 0.00325. The smallest absolute Gasteiger partial charge is 0.0701 e. The molecule has 2 bridgehead atoms. The van der Waals surface area contributed by atoms with Crippen molar-refractivity contribution in [2.24, 2.45) is 10.8 Å². The monoisotopic (exact) mass is 356 g/mol. The summed E-state index contributed by atoms with van der Waals surface area (Å²) in [6.45, 7) is 8.02. The SMILES string of the molecule is Cc1cccc2c1ccc1c3c(ccc12)C1C2OCC1(CC3)CCC2(C)C. The number of fused-ring (bicyclic) bond motifs is 5. The van der Waals surface area contributed by atoms with Crippen molar-refractivity contribution in [1.82, 2.24) is 0 Å². The zero-order valence-electron chi connectivity index (χ0n) is 16.6. The summed E-state index contributed by atoms with van der Waals surface area (Å²) in [5.74, 6) is 0.586. The summed E-state index contributed by atoms with van der Waals surface area (Å²) in [6.07, 6.45) is 5.51. The number of aryl methyl sites for hydroxylation is 2. The molecule has 138 valence electrons. The van der Waals surface area contributed by atoms with Gasteiger partial charge in [-0.3, -0.25) is 0 Å². The summed E-state index contributed by atoms with van der Waals surface area (Å²) in [5.41, 5.74) is 5.25. The van der Waals surface area contributed by atoms with Crippen LogP contribution in [0.3, 0.4) is 0 Å². The molecule has 3 aliphatic rings. The Hall–Kier alpha value is -1.86. The fraction of sp³-hybridized carbons (Fsp3) is 0.462. The van der Waals surface area contributed by atoms with E-state index in [9.17, 15) is 0 Å². The van der Waals surface area contributed by atoms with Crippen molar-refractivity contribution in [2.75, 3.05) is 6.61 Å². The van der Waals surface area contributed by atoms with Gasteiger partial charge in [0.15, 0.2) is 0 Å². The van der Waals surface area contributed by atoms with E-state index in [1.54, 1.807) is 11.1 Å². The summed E-state index contributed by atoms with van der Waals surface area (Å²) in [4.78, 5) is 0. The Labute approximate surface area is 161 Å². The van der Waals surface area contributed by atoms with Gasteiger partial charge in [0.2, 0.25) is 0 Å². The lowest BCUT2D eigenvalue weighted by atomic mass is 9.53. The zero-order valence-corrected chi connectivity index (χ0v) is 16.6. The van der Waals surface area contributed by atoms with Crippen LogP contribution in [0.2, 0.25) is 0 Å². The molecule has 2 aliphatic carbocycles. The molecule has 0 radical (unpaired) electrons. The van der Waals surface area contributed by atoms with E-state index < -0.39 is 0 Å². The molecule has 0 amide bonds. The van der Waals surface area contributed by atoms with Crippen molar-refractivity contribution < 1.29 is 4.74 Å². The minimum atomic E-state index is 0.286. The fourth-order valence-electron chi connectivity index (χ4n) is 6.58. The van der Waals surface area contributed by atoms with Crippen LogP contribution in [-0.4, -0.2) is 12.7 Å². The third-order valence-electron chi connectivity index (χ3n) is 8.18. The predicted octanol–water partition coefficient (Wildman–Crippen LogP) is 6.54. The topological polar surface area (TPSA) is 9.23 Å². The van der Waals surface area contributed by atoms with Crippen LogP contribution in [0.25, 0.3) is 21.5 Å². The highest BCUT2D eigenvalue weighted by atomic mass is 16.5. The van der Waals surface area contributed by atoms with Crippen LogP contribution in [-0.2, 0) is 11.2 Å². The predicted molar refractivity (Wildman–Crippen MR) is 112 cm³/mol. The van der Waals surface area contributed by atoms with Crippen molar-refractivity contribution in [3.8, 4) is 0 Å². The van der Waals surface area contributed by atoms with E-state index in [0.717, 1.165) is 6.61 Å². The van der Waals surface area contributed by atoms with Crippen LogP contribution in [0.15, 0.2) is 42.5 Å². The normalized spacial score (nSPS) is 31.1. The van der Waals surface area contributed by atoms with Gasteiger partial charge in [0, 0.05) is 11.3 Å². The van der Waals surface area contributed by atoms with E-state index in [1.807, 2.05) is 0 Å². The lowest BCUT2D eigenvalue weighted by Gasteiger charge is -2.49. The van der Waals surface area contributed by atoms with Gasteiger partial charge in [-0.1, -0.05) is 56.3 Å². The molecule has 2 fully saturated rings. The van der Waals surface area contributed by atoms with E-state index in [1.165, 1.54) is 52.8 Å². The molecule has 0 N–H and O–H groups in total. The first kappa shape index (κ1) is 16.1. The lowest BCUT2D eigenvalue weighted by Crippen LogP contribution is -2.45. The molecule has 3 atom stereocenters. The maximum Gasteiger partial charge on any atom is 0.0701 e. The third kappa shape index (κ3) is 1.99. The molecule has 1 saturated carbocycles. The summed E-state index contributed by atoms with van der Waals surface area (Å²) < 4.78 is 6.48. The Balaban J connectivity index is 1.61. The second-order valence-electron chi connectivity index (χ2n) is 10.0. The van der Waals surface area contributed by atoms with Gasteiger partial charge in [0.1, 0.15) is 0 Å². The van der Waals surface area contributed by atoms with E-state index >= 15 is 0 Å². The van der Waals surface area contributed by atoms with E-state index in [4.69, 9.17) is 4.74 Å². The molecular weight excluding hydrogens is 328 g/mol. The summed E-state index contributed by atoms with van der Waals surface area (Å²) in [6, 6.07) is 16.3. The summed E-state index contributed by atoms with van der Waals surface area (Å²) in [5, 5.41) is 5.69. The Bertz CT molecular complexity index is 1090. The molecular formula is C26H28O. The van der Waals surface area contributed by atoms with Crippen LogP contribution >= 0.6 is 0 Å². The quantitative estimate of drug-likeness (QED) is 0.416. The van der Waals surface area contributed by atoms with E-state index in [2.05, 4.69) is 63.2 Å². The summed E-state index contributed by atoms with van der Waals surface area (Å²) >= 11 is 0. The minimum Gasteiger partial charge on any atom is -0.376 e. The number of ether oxygens (including phenoxy) is 1. The van der Waals surface area contributed by atoms with Crippen LogP contribution in [0.5, 0.6) is 0 Å². The molecule has 1 heterocycles. The summed E-state index contributed by atoms with van der Waals surface area (Å²) in [7, 11) is 0. The first-order valence-electron chi connectivity index (χ1n) is 10.6. The molecule has 0 aromatic heterocycles. The Kier molecular flexibility index (Phi) is 3.07. The third-order valence-corrected chi connectivity index (χ3v) is 8.18. The minimum absolute atomic E-state index is 0.286. The molecule has 6 rings (SSSR count). The Morgan fingerprint density at radius 1 is 0.852 bits per heavy atom. The average molecular weight is 357 g/mol. The van der Waals surface area contributed by atoms with Crippen molar-refractivity contribution in [1.29, 1.82) is 0 Å². The average Bonchev–Trinajstić information content (AvgIpc) is 3.01. The first-order valence-corrected chi connectivity index (χ1v) is 10.6. The molecule has 1 heteroatoms. The fourth-order valence-corrected chi connectivity index (χ4v) is 6.58. The standard InChI is InChI=1S/C26H28O/c1-16-5-4-6-18-17(16)7-8-20-19(18)9-10-22-21(20)11-12-26-14-13-25(2,3)24(23(22)26)27-15-26/h4-10,23-24H,11-15H2,1-3H3. The van der Waals surface area contributed by atoms with E-state index in [-0.39, 0.29) is 5.41 Å². The molecule has 27 heavy (non-hydrogen) atoms. The second-order valence-corrected chi connectivity index (χ2v) is 10.0. The van der Waals surface area contributed by atoms with Crippen molar-refractivity contribution in [2.45, 2.75) is 58.5 Å². The maximum atomic E-state index is 6.48. The largest absolute Gasteiger partial charge is 0.376 e. The van der Waals surface area contributed by atoms with Crippen LogP contribution in [0, 0.1) is 17.8 Å². The molecule has 1 aliphatic heterocycles. The van der Waals surface area contributed by atoms with Gasteiger partial charge in [0.05, 0.1) is 12.7 Å². The van der Waals surface area contributed by atoms with Crippen LogP contribution < -0.4 is 0 Å². The van der Waals surface area contributed by atoms with Crippen LogP contribution in [0.1, 0.15) is 55.7 Å². The number of benzene rings is 3. The molecule has 1 nitrogen and oxygen atoms in total. The van der Waals surface area contributed by atoms with Crippen molar-refractivity contribution in [3.63, 3.8) is 0 Å². The number of hydrogen-bond acceptors (Lipinski definition) is 1. The number of rotatable bonds is 0. The van der Waals surface area contributed by atoms with Gasteiger partial charge < -0.3 is 4.74 Å². The number of hydrogen-bond donors (Lipinski definition) is 0. The van der Waals surface area contributed by atoms with Gasteiger partial charge >= 0.3 is 0 Å². The van der Waals surface area contributed by atoms with Gasteiger partial charge in [-0.05, 0) is 76.3 Å². The van der Waals surface area contributed by atoms with Crippen molar-refractivity contribution >= 4 is 21.5 Å². The Morgan fingerprint density at radius 3 is 2.52 bits per heavy atom. The van der Waals surface area contributed by atoms with Crippen molar-refractivity contribution in [3.05, 3.63) is 59.2 Å². The molecule has 3 unspecified atom stereocenters.